The van der Waals surface area contributed by atoms with Gasteiger partial charge in [0.2, 0.25) is 41.4 Å². The fourth-order valence-corrected chi connectivity index (χ4v) is 5.68. The molecule has 1 aliphatic rings. The van der Waals surface area contributed by atoms with E-state index in [9.17, 15) is 33.6 Å². The van der Waals surface area contributed by atoms with Crippen LogP contribution in [0.15, 0.2) is 30.5 Å². The molecule has 5 atom stereocenters. The molecule has 7 amide bonds. The Morgan fingerprint density at radius 3 is 1.84 bits per heavy atom. The lowest BCUT2D eigenvalue weighted by Crippen LogP contribution is -2.61. The number of carbonyl (C=O) groups excluding carboxylic acids is 7. The number of H-pyrrole nitrogens is 1. The first kappa shape index (κ1) is 38.5. The lowest BCUT2D eigenvalue weighted by atomic mass is 9.98. The molecule has 1 aliphatic heterocycles. The first-order valence-electron chi connectivity index (χ1n) is 16.7. The number of rotatable bonds is 9. The minimum atomic E-state index is -1.46. The van der Waals surface area contributed by atoms with Gasteiger partial charge in [0.1, 0.15) is 30.2 Å². The number of nitrogens with one attached hydrogen (secondary N) is 7. The highest BCUT2D eigenvalue weighted by molar-refractivity contribution is 5.98. The summed E-state index contributed by atoms with van der Waals surface area (Å²) in [6, 6.07) is 1.52. The van der Waals surface area contributed by atoms with E-state index >= 15 is 0 Å². The predicted molar refractivity (Wildman–Crippen MR) is 182 cm³/mol. The van der Waals surface area contributed by atoms with Crippen molar-refractivity contribution in [2.75, 3.05) is 6.54 Å². The van der Waals surface area contributed by atoms with Crippen LogP contribution in [0.2, 0.25) is 0 Å². The standard InChI is InChI=1S/C34H50N8O7/c1-17(2)11-23-31(46)40-24(12-18(3)4)33(48)42-29(19(5)6)34(49)41-26(14-27(35)43)30(45)37-16-28(44)38-25(32(47)39-23)13-20-15-36-22-10-8-7-9-21(20)22/h7-10,15,17-19,23-26,29,36H,11-14,16H2,1-6H3,(H2,35,43)(H,37,45)(H,38,44)(H,39,47)(H,40,46)(H,41,49)(H,42,48)/t23-,24+,25-,26?,29?/m0/s1. The second kappa shape index (κ2) is 17.4. The monoisotopic (exact) mass is 682 g/mol. The maximum atomic E-state index is 13.9. The Hall–Kier alpha value is -4.95. The quantitative estimate of drug-likeness (QED) is 0.179. The van der Waals surface area contributed by atoms with Gasteiger partial charge in [-0.15, -0.1) is 0 Å². The van der Waals surface area contributed by atoms with Crippen molar-refractivity contribution in [3.63, 3.8) is 0 Å². The molecular weight excluding hydrogens is 632 g/mol. The lowest BCUT2D eigenvalue weighted by Gasteiger charge is -2.29. The van der Waals surface area contributed by atoms with E-state index in [1.165, 1.54) is 0 Å². The molecule has 1 saturated heterocycles. The fourth-order valence-electron chi connectivity index (χ4n) is 5.68. The number of carbonyl (C=O) groups is 7. The zero-order chi connectivity index (χ0) is 36.4. The highest BCUT2D eigenvalue weighted by Crippen LogP contribution is 2.20. The number of aromatic amines is 1. The number of primary amides is 1. The van der Waals surface area contributed by atoms with Crippen molar-refractivity contribution in [1.29, 1.82) is 0 Å². The Morgan fingerprint density at radius 2 is 1.27 bits per heavy atom. The summed E-state index contributed by atoms with van der Waals surface area (Å²) in [5.74, 6) is -5.65. The molecule has 9 N–H and O–H groups in total. The first-order chi connectivity index (χ1) is 23.0. The molecule has 1 aromatic carbocycles. The summed E-state index contributed by atoms with van der Waals surface area (Å²) in [4.78, 5) is 96.0. The Morgan fingerprint density at radius 1 is 0.714 bits per heavy atom. The lowest BCUT2D eigenvalue weighted by molar-refractivity contribution is -0.137. The molecule has 1 aromatic heterocycles. The van der Waals surface area contributed by atoms with Crippen molar-refractivity contribution in [2.24, 2.45) is 23.5 Å². The summed E-state index contributed by atoms with van der Waals surface area (Å²) in [6.45, 7) is 10.3. The van der Waals surface area contributed by atoms with E-state index in [4.69, 9.17) is 5.73 Å². The third kappa shape index (κ3) is 11.3. The molecule has 1 fully saturated rings. The summed E-state index contributed by atoms with van der Waals surface area (Å²) >= 11 is 0. The molecule has 268 valence electrons. The number of fused-ring (bicyclic) bond motifs is 1. The highest BCUT2D eigenvalue weighted by atomic mass is 16.2. The molecule has 0 bridgehead atoms. The Kier molecular flexibility index (Phi) is 13.7. The van der Waals surface area contributed by atoms with Crippen molar-refractivity contribution in [3.8, 4) is 0 Å². The van der Waals surface area contributed by atoms with Crippen LogP contribution in [0.4, 0.5) is 0 Å². The first-order valence-corrected chi connectivity index (χ1v) is 16.7. The van der Waals surface area contributed by atoms with Crippen LogP contribution in [0.5, 0.6) is 0 Å². The van der Waals surface area contributed by atoms with Gasteiger partial charge in [0.15, 0.2) is 0 Å². The SMILES string of the molecule is CC(C)C[C@@H]1NC(=O)[C@H](Cc2c[nH]c3ccccc23)NC(=O)CNC(=O)C(CC(N)=O)NC(=O)C(C(C)C)NC(=O)[C@@H](CC(C)C)NC1=O. The summed E-state index contributed by atoms with van der Waals surface area (Å²) in [5, 5.41) is 16.6. The fraction of sp³-hybridized carbons (Fsp3) is 0.559. The second-order valence-electron chi connectivity index (χ2n) is 13.7. The van der Waals surface area contributed by atoms with Gasteiger partial charge in [0.05, 0.1) is 13.0 Å². The predicted octanol–water partition coefficient (Wildman–Crippen LogP) is -0.112. The number of nitrogens with two attached hydrogens (primary N) is 1. The van der Waals surface area contributed by atoms with E-state index in [1.54, 1.807) is 20.0 Å². The van der Waals surface area contributed by atoms with E-state index in [2.05, 4.69) is 36.9 Å². The summed E-state index contributed by atoms with van der Waals surface area (Å²) in [6.07, 6.45) is 1.65. The van der Waals surface area contributed by atoms with Gasteiger partial charge < -0.3 is 42.6 Å². The van der Waals surface area contributed by atoms with Gasteiger partial charge in [-0.05, 0) is 42.2 Å². The van der Waals surface area contributed by atoms with E-state index in [0.717, 1.165) is 16.5 Å². The molecule has 3 rings (SSSR count). The number of benzene rings is 1. The van der Waals surface area contributed by atoms with Gasteiger partial charge in [-0.2, -0.15) is 0 Å². The number of para-hydroxylation sites is 1. The molecule has 15 heteroatoms. The minimum absolute atomic E-state index is 0.0366. The van der Waals surface area contributed by atoms with Crippen LogP contribution in [0.25, 0.3) is 10.9 Å². The van der Waals surface area contributed by atoms with Crippen LogP contribution in [-0.4, -0.2) is 83.1 Å². The average molecular weight is 683 g/mol. The maximum absolute atomic E-state index is 13.9. The van der Waals surface area contributed by atoms with Crippen molar-refractivity contribution in [3.05, 3.63) is 36.0 Å². The van der Waals surface area contributed by atoms with E-state index in [1.807, 2.05) is 52.0 Å². The molecule has 2 unspecified atom stereocenters. The van der Waals surface area contributed by atoms with Crippen molar-refractivity contribution in [2.45, 2.75) is 97.4 Å². The third-order valence-corrected chi connectivity index (χ3v) is 8.14. The molecule has 2 aromatic rings. The van der Waals surface area contributed by atoms with E-state index < -0.39 is 90.4 Å². The van der Waals surface area contributed by atoms with Gasteiger partial charge >= 0.3 is 0 Å². The number of hydrogen-bond acceptors (Lipinski definition) is 7. The van der Waals surface area contributed by atoms with Crippen LogP contribution in [0, 0.1) is 17.8 Å². The second-order valence-corrected chi connectivity index (χ2v) is 13.7. The van der Waals surface area contributed by atoms with Crippen molar-refractivity contribution < 1.29 is 33.6 Å². The Balaban J connectivity index is 2.04. The van der Waals surface area contributed by atoms with Crippen molar-refractivity contribution in [1.82, 2.24) is 36.9 Å². The molecule has 2 heterocycles. The van der Waals surface area contributed by atoms with Gasteiger partial charge in [0, 0.05) is 23.5 Å². The Labute approximate surface area is 286 Å². The topological polar surface area (TPSA) is 233 Å². The number of amides is 7. The molecular formula is C34H50N8O7. The Bertz CT molecular complexity index is 1540. The summed E-state index contributed by atoms with van der Waals surface area (Å²) < 4.78 is 0. The molecule has 49 heavy (non-hydrogen) atoms. The smallest absolute Gasteiger partial charge is 0.243 e. The summed E-state index contributed by atoms with van der Waals surface area (Å²) in [7, 11) is 0. The van der Waals surface area contributed by atoms with Gasteiger partial charge in [-0.3, -0.25) is 33.6 Å². The maximum Gasteiger partial charge on any atom is 0.243 e. The minimum Gasteiger partial charge on any atom is -0.370 e. The largest absolute Gasteiger partial charge is 0.370 e. The van der Waals surface area contributed by atoms with Gasteiger partial charge in [-0.25, -0.2) is 0 Å². The van der Waals surface area contributed by atoms with Crippen LogP contribution >= 0.6 is 0 Å². The molecule has 15 nitrogen and oxygen atoms in total. The zero-order valence-electron chi connectivity index (χ0n) is 29.0. The summed E-state index contributed by atoms with van der Waals surface area (Å²) in [5.41, 5.74) is 6.91. The van der Waals surface area contributed by atoms with Crippen LogP contribution < -0.4 is 37.6 Å². The van der Waals surface area contributed by atoms with Crippen LogP contribution in [0.1, 0.15) is 66.4 Å². The van der Waals surface area contributed by atoms with Crippen molar-refractivity contribution >= 4 is 52.3 Å². The van der Waals surface area contributed by atoms with Crippen LogP contribution in [-0.2, 0) is 40.0 Å². The number of aromatic nitrogens is 1. The molecule has 0 saturated carbocycles. The van der Waals surface area contributed by atoms with E-state index in [0.29, 0.717) is 0 Å². The normalized spacial score (nSPS) is 23.7. The highest BCUT2D eigenvalue weighted by Gasteiger charge is 2.35. The average Bonchev–Trinajstić information content (AvgIpc) is 3.42. The molecule has 0 aliphatic carbocycles. The van der Waals surface area contributed by atoms with Crippen LogP contribution in [0.3, 0.4) is 0 Å². The molecule has 0 spiro atoms. The number of hydrogen-bond donors (Lipinski definition) is 8. The van der Waals surface area contributed by atoms with E-state index in [-0.39, 0.29) is 31.1 Å². The molecule has 0 radical (unpaired) electrons. The van der Waals surface area contributed by atoms with Gasteiger partial charge in [0.25, 0.3) is 0 Å². The zero-order valence-corrected chi connectivity index (χ0v) is 29.0. The third-order valence-electron chi connectivity index (χ3n) is 8.14. The van der Waals surface area contributed by atoms with Gasteiger partial charge in [-0.1, -0.05) is 59.7 Å².